The topological polar surface area (TPSA) is 87.7 Å². The largest absolute Gasteiger partial charge is 0.491 e. The van der Waals surface area contributed by atoms with E-state index in [0.29, 0.717) is 44.8 Å². The lowest BCUT2D eigenvalue weighted by molar-refractivity contribution is -0.142. The van der Waals surface area contributed by atoms with Crippen LogP contribution >= 0.6 is 0 Å². The Morgan fingerprint density at radius 1 is 1.20 bits per heavy atom. The SMILES string of the molecule is CC(C)c1ccccc1OCCNC(=O)NC1CCC(C(=O)O)CC1. The van der Waals surface area contributed by atoms with Gasteiger partial charge in [-0.1, -0.05) is 32.0 Å². The van der Waals surface area contributed by atoms with Gasteiger partial charge in [0.15, 0.2) is 0 Å². The van der Waals surface area contributed by atoms with Gasteiger partial charge in [0.1, 0.15) is 12.4 Å². The number of urea groups is 1. The molecule has 138 valence electrons. The van der Waals surface area contributed by atoms with E-state index in [-0.39, 0.29) is 18.0 Å². The number of nitrogens with one attached hydrogen (secondary N) is 2. The number of carboxylic acids is 1. The van der Waals surface area contributed by atoms with Crippen LogP contribution in [0.4, 0.5) is 4.79 Å². The summed E-state index contributed by atoms with van der Waals surface area (Å²) in [5.74, 6) is 0.234. The Hall–Kier alpha value is -2.24. The van der Waals surface area contributed by atoms with Gasteiger partial charge in [-0.2, -0.15) is 0 Å². The van der Waals surface area contributed by atoms with E-state index in [1.165, 1.54) is 0 Å². The molecule has 0 unspecified atom stereocenters. The fraction of sp³-hybridized carbons (Fsp3) is 0.579. The summed E-state index contributed by atoms with van der Waals surface area (Å²) in [6, 6.07) is 7.75. The lowest BCUT2D eigenvalue weighted by Gasteiger charge is -2.26. The lowest BCUT2D eigenvalue weighted by atomic mass is 9.86. The summed E-state index contributed by atoms with van der Waals surface area (Å²) in [5.41, 5.74) is 1.15. The third-order valence-electron chi connectivity index (χ3n) is 4.60. The van der Waals surface area contributed by atoms with Crippen molar-refractivity contribution < 1.29 is 19.4 Å². The first-order chi connectivity index (χ1) is 12.0. The zero-order chi connectivity index (χ0) is 18.2. The maximum Gasteiger partial charge on any atom is 0.315 e. The van der Waals surface area contributed by atoms with Crippen LogP contribution < -0.4 is 15.4 Å². The normalized spacial score (nSPS) is 20.1. The van der Waals surface area contributed by atoms with Crippen molar-refractivity contribution in [1.82, 2.24) is 10.6 Å². The molecule has 0 radical (unpaired) electrons. The second-order valence-corrected chi connectivity index (χ2v) is 6.83. The number of benzene rings is 1. The molecule has 1 fully saturated rings. The number of aliphatic carboxylic acids is 1. The number of hydrogen-bond donors (Lipinski definition) is 3. The predicted octanol–water partition coefficient (Wildman–Crippen LogP) is 3.13. The monoisotopic (exact) mass is 348 g/mol. The number of carbonyl (C=O) groups excluding carboxylic acids is 1. The highest BCUT2D eigenvalue weighted by molar-refractivity contribution is 5.74. The van der Waals surface area contributed by atoms with Crippen LogP contribution in [0, 0.1) is 5.92 Å². The van der Waals surface area contributed by atoms with E-state index >= 15 is 0 Å². The van der Waals surface area contributed by atoms with E-state index in [1.54, 1.807) is 0 Å². The minimum Gasteiger partial charge on any atom is -0.491 e. The number of carboxylic acid groups (broad SMARTS) is 1. The Bertz CT molecular complexity index is 581. The summed E-state index contributed by atoms with van der Waals surface area (Å²) in [7, 11) is 0. The van der Waals surface area contributed by atoms with Crippen molar-refractivity contribution in [1.29, 1.82) is 0 Å². The van der Waals surface area contributed by atoms with Crippen molar-refractivity contribution in [2.75, 3.05) is 13.2 Å². The summed E-state index contributed by atoms with van der Waals surface area (Å²) in [6.07, 6.45) is 2.66. The molecule has 0 saturated heterocycles. The third kappa shape index (κ3) is 5.96. The fourth-order valence-corrected chi connectivity index (χ4v) is 3.14. The molecule has 6 heteroatoms. The third-order valence-corrected chi connectivity index (χ3v) is 4.60. The Labute approximate surface area is 149 Å². The van der Waals surface area contributed by atoms with E-state index in [4.69, 9.17) is 9.84 Å². The Kier molecular flexibility index (Phi) is 7.10. The first-order valence-electron chi connectivity index (χ1n) is 8.96. The van der Waals surface area contributed by atoms with Gasteiger partial charge in [-0.05, 0) is 43.2 Å². The Morgan fingerprint density at radius 2 is 1.88 bits per heavy atom. The van der Waals surface area contributed by atoms with Crippen molar-refractivity contribution in [3.05, 3.63) is 29.8 Å². The maximum atomic E-state index is 11.9. The molecule has 0 atom stereocenters. The summed E-state index contributed by atoms with van der Waals surface area (Å²) < 4.78 is 5.77. The summed E-state index contributed by atoms with van der Waals surface area (Å²) in [5, 5.41) is 14.7. The van der Waals surface area contributed by atoms with Crippen LogP contribution in [-0.4, -0.2) is 36.3 Å². The molecule has 6 nitrogen and oxygen atoms in total. The van der Waals surface area contributed by atoms with Crippen LogP contribution in [0.5, 0.6) is 5.75 Å². The molecule has 1 aromatic rings. The molecule has 3 N–H and O–H groups in total. The molecule has 0 heterocycles. The minimum absolute atomic E-state index is 0.0539. The molecule has 0 aromatic heterocycles. The van der Waals surface area contributed by atoms with Crippen LogP contribution in [0.25, 0.3) is 0 Å². The second-order valence-electron chi connectivity index (χ2n) is 6.83. The lowest BCUT2D eigenvalue weighted by Crippen LogP contribution is -2.45. The average Bonchev–Trinajstić information content (AvgIpc) is 2.59. The molecular weight excluding hydrogens is 320 g/mol. The standard InChI is InChI=1S/C19H28N2O4/c1-13(2)16-5-3-4-6-17(16)25-12-11-20-19(24)21-15-9-7-14(8-10-15)18(22)23/h3-6,13-15H,7-12H2,1-2H3,(H,22,23)(H2,20,21,24). The number of rotatable bonds is 7. The van der Waals surface area contributed by atoms with Gasteiger partial charge >= 0.3 is 12.0 Å². The highest BCUT2D eigenvalue weighted by atomic mass is 16.5. The number of para-hydroxylation sites is 1. The van der Waals surface area contributed by atoms with Gasteiger partial charge in [-0.3, -0.25) is 4.79 Å². The van der Waals surface area contributed by atoms with Crippen molar-refractivity contribution in [3.8, 4) is 5.75 Å². The van der Waals surface area contributed by atoms with E-state index in [9.17, 15) is 9.59 Å². The van der Waals surface area contributed by atoms with Crippen LogP contribution in [0.15, 0.2) is 24.3 Å². The minimum atomic E-state index is -0.735. The molecule has 0 aliphatic heterocycles. The van der Waals surface area contributed by atoms with Gasteiger partial charge in [-0.25, -0.2) is 4.79 Å². The molecule has 0 spiro atoms. The molecule has 1 aliphatic carbocycles. The van der Waals surface area contributed by atoms with Gasteiger partial charge in [0.25, 0.3) is 0 Å². The van der Waals surface area contributed by atoms with E-state index in [2.05, 4.69) is 24.5 Å². The molecule has 1 aliphatic rings. The number of ether oxygens (including phenoxy) is 1. The highest BCUT2D eigenvalue weighted by Gasteiger charge is 2.26. The molecule has 2 amide bonds. The van der Waals surface area contributed by atoms with Crippen LogP contribution in [-0.2, 0) is 4.79 Å². The molecule has 1 aromatic carbocycles. The van der Waals surface area contributed by atoms with Crippen molar-refractivity contribution in [3.63, 3.8) is 0 Å². The number of hydrogen-bond acceptors (Lipinski definition) is 3. The molecular formula is C19H28N2O4. The van der Waals surface area contributed by atoms with E-state index in [1.807, 2.05) is 24.3 Å². The quantitative estimate of drug-likeness (QED) is 0.661. The Balaban J connectivity index is 1.66. The summed E-state index contributed by atoms with van der Waals surface area (Å²) in [4.78, 5) is 22.8. The first kappa shape index (κ1) is 19.1. The number of carbonyl (C=O) groups is 2. The molecule has 1 saturated carbocycles. The molecule has 0 bridgehead atoms. The van der Waals surface area contributed by atoms with Gasteiger partial charge < -0.3 is 20.5 Å². The predicted molar refractivity (Wildman–Crippen MR) is 95.9 cm³/mol. The molecule has 25 heavy (non-hydrogen) atoms. The molecule has 2 rings (SSSR count). The zero-order valence-corrected chi connectivity index (χ0v) is 15.0. The van der Waals surface area contributed by atoms with Gasteiger partial charge in [-0.15, -0.1) is 0 Å². The van der Waals surface area contributed by atoms with Crippen molar-refractivity contribution >= 4 is 12.0 Å². The van der Waals surface area contributed by atoms with E-state index in [0.717, 1.165) is 11.3 Å². The summed E-state index contributed by atoms with van der Waals surface area (Å²) in [6.45, 7) is 5.06. The fourth-order valence-electron chi connectivity index (χ4n) is 3.14. The average molecular weight is 348 g/mol. The van der Waals surface area contributed by atoms with Crippen LogP contribution in [0.2, 0.25) is 0 Å². The van der Waals surface area contributed by atoms with Crippen molar-refractivity contribution in [2.24, 2.45) is 5.92 Å². The highest BCUT2D eigenvalue weighted by Crippen LogP contribution is 2.26. The number of amides is 2. The maximum absolute atomic E-state index is 11.9. The second kappa shape index (κ2) is 9.30. The zero-order valence-electron chi connectivity index (χ0n) is 15.0. The van der Waals surface area contributed by atoms with Crippen molar-refractivity contribution in [2.45, 2.75) is 51.5 Å². The van der Waals surface area contributed by atoms with Gasteiger partial charge in [0.2, 0.25) is 0 Å². The van der Waals surface area contributed by atoms with Crippen LogP contribution in [0.3, 0.4) is 0 Å². The van der Waals surface area contributed by atoms with Gasteiger partial charge in [0.05, 0.1) is 12.5 Å². The van der Waals surface area contributed by atoms with Crippen LogP contribution in [0.1, 0.15) is 51.0 Å². The Morgan fingerprint density at radius 3 is 2.52 bits per heavy atom. The van der Waals surface area contributed by atoms with Gasteiger partial charge in [0, 0.05) is 6.04 Å². The summed E-state index contributed by atoms with van der Waals surface area (Å²) >= 11 is 0. The van der Waals surface area contributed by atoms with E-state index < -0.39 is 5.97 Å². The smallest absolute Gasteiger partial charge is 0.315 e. The first-order valence-corrected chi connectivity index (χ1v) is 8.96.